The van der Waals surface area contributed by atoms with Gasteiger partial charge in [0.05, 0.1) is 6.54 Å². The van der Waals surface area contributed by atoms with E-state index >= 15 is 0 Å². The third kappa shape index (κ3) is 7.15. The summed E-state index contributed by atoms with van der Waals surface area (Å²) in [6.45, 7) is 1.94. The minimum atomic E-state index is -0.312. The highest BCUT2D eigenvalue weighted by atomic mass is 79.9. The maximum atomic E-state index is 11.9. The van der Waals surface area contributed by atoms with Crippen LogP contribution in [-0.4, -0.2) is 30.8 Å². The van der Waals surface area contributed by atoms with Crippen molar-refractivity contribution in [1.29, 1.82) is 0 Å². The first-order valence-electron chi connectivity index (χ1n) is 8.21. The lowest BCUT2D eigenvalue weighted by Gasteiger charge is -2.10. The molecule has 0 aliphatic rings. The van der Waals surface area contributed by atoms with Crippen molar-refractivity contribution >= 4 is 55.3 Å². The highest BCUT2D eigenvalue weighted by molar-refractivity contribution is 9.10. The van der Waals surface area contributed by atoms with Crippen molar-refractivity contribution in [2.75, 3.05) is 18.4 Å². The van der Waals surface area contributed by atoms with Crippen LogP contribution >= 0.6 is 31.9 Å². The quantitative estimate of drug-likeness (QED) is 0.549. The molecule has 0 aliphatic carbocycles. The standard InChI is InChI=1S/C19H19Br2N3O3/c1-12-10-15(21)6-7-16(12)24-18(26)11-23-17(25)8-9-22-19(27)13-2-4-14(20)5-3-13/h2-7,10H,8-9,11H2,1H3,(H,22,27)(H,23,25)(H,24,26). The van der Waals surface area contributed by atoms with Crippen LogP contribution in [0, 0.1) is 6.92 Å². The molecular weight excluding hydrogens is 478 g/mol. The van der Waals surface area contributed by atoms with Crippen LogP contribution in [0.25, 0.3) is 0 Å². The summed E-state index contributed by atoms with van der Waals surface area (Å²) < 4.78 is 1.81. The van der Waals surface area contributed by atoms with Crippen molar-refractivity contribution in [3.05, 3.63) is 62.5 Å². The molecule has 0 saturated heterocycles. The Morgan fingerprint density at radius 2 is 1.56 bits per heavy atom. The first-order valence-corrected chi connectivity index (χ1v) is 9.80. The second-order valence-corrected chi connectivity index (χ2v) is 7.63. The third-order valence-corrected chi connectivity index (χ3v) is 4.67. The Balaban J connectivity index is 1.68. The summed E-state index contributed by atoms with van der Waals surface area (Å²) in [4.78, 5) is 35.7. The molecule has 142 valence electrons. The Morgan fingerprint density at radius 1 is 0.889 bits per heavy atom. The van der Waals surface area contributed by atoms with Gasteiger partial charge in [0.25, 0.3) is 5.91 Å². The van der Waals surface area contributed by atoms with Crippen molar-refractivity contribution in [1.82, 2.24) is 10.6 Å². The van der Waals surface area contributed by atoms with E-state index in [1.54, 1.807) is 30.3 Å². The Bertz CT molecular complexity index is 839. The van der Waals surface area contributed by atoms with E-state index < -0.39 is 0 Å². The van der Waals surface area contributed by atoms with E-state index in [4.69, 9.17) is 0 Å². The van der Waals surface area contributed by atoms with Gasteiger partial charge >= 0.3 is 0 Å². The van der Waals surface area contributed by atoms with Gasteiger partial charge < -0.3 is 16.0 Å². The molecule has 27 heavy (non-hydrogen) atoms. The summed E-state index contributed by atoms with van der Waals surface area (Å²) in [5.41, 5.74) is 2.13. The van der Waals surface area contributed by atoms with Crippen molar-refractivity contribution in [3.63, 3.8) is 0 Å². The average Bonchev–Trinajstić information content (AvgIpc) is 2.63. The monoisotopic (exact) mass is 495 g/mol. The zero-order valence-electron chi connectivity index (χ0n) is 14.6. The molecule has 6 nitrogen and oxygen atoms in total. The van der Waals surface area contributed by atoms with Crippen molar-refractivity contribution in [2.24, 2.45) is 0 Å². The minimum Gasteiger partial charge on any atom is -0.352 e. The maximum absolute atomic E-state index is 11.9. The van der Waals surface area contributed by atoms with E-state index in [0.717, 1.165) is 14.5 Å². The van der Waals surface area contributed by atoms with E-state index in [0.29, 0.717) is 11.3 Å². The fourth-order valence-electron chi connectivity index (χ4n) is 2.22. The molecular formula is C19H19Br2N3O3. The zero-order chi connectivity index (χ0) is 19.8. The van der Waals surface area contributed by atoms with Gasteiger partial charge in [-0.1, -0.05) is 31.9 Å². The summed E-state index contributed by atoms with van der Waals surface area (Å²) in [5, 5.41) is 7.95. The van der Waals surface area contributed by atoms with E-state index in [9.17, 15) is 14.4 Å². The van der Waals surface area contributed by atoms with Crippen LogP contribution < -0.4 is 16.0 Å². The SMILES string of the molecule is Cc1cc(Br)ccc1NC(=O)CNC(=O)CCNC(=O)c1ccc(Br)cc1. The molecule has 2 aromatic carbocycles. The largest absolute Gasteiger partial charge is 0.352 e. The number of benzene rings is 2. The molecule has 0 aliphatic heterocycles. The molecule has 8 heteroatoms. The zero-order valence-corrected chi connectivity index (χ0v) is 17.8. The normalized spacial score (nSPS) is 10.2. The lowest BCUT2D eigenvalue weighted by atomic mass is 10.2. The molecule has 0 aromatic heterocycles. The number of carbonyl (C=O) groups excluding carboxylic acids is 3. The molecule has 3 amide bonds. The van der Waals surface area contributed by atoms with Gasteiger partial charge in [-0.2, -0.15) is 0 Å². The number of carbonyl (C=O) groups is 3. The maximum Gasteiger partial charge on any atom is 0.251 e. The molecule has 0 spiro atoms. The second kappa shape index (κ2) is 10.2. The van der Waals surface area contributed by atoms with E-state index in [2.05, 4.69) is 47.8 Å². The van der Waals surface area contributed by atoms with Gasteiger partial charge in [0.15, 0.2) is 0 Å². The van der Waals surface area contributed by atoms with Gasteiger partial charge in [-0.05, 0) is 55.0 Å². The van der Waals surface area contributed by atoms with Crippen LogP contribution in [0.15, 0.2) is 51.4 Å². The molecule has 0 saturated carbocycles. The summed E-state index contributed by atoms with van der Waals surface area (Å²) in [5.74, 6) is -0.875. The molecule has 0 bridgehead atoms. The van der Waals surface area contributed by atoms with Crippen LogP contribution in [-0.2, 0) is 9.59 Å². The Morgan fingerprint density at radius 3 is 2.22 bits per heavy atom. The van der Waals surface area contributed by atoms with Crippen LogP contribution in [0.5, 0.6) is 0 Å². The molecule has 0 unspecified atom stereocenters. The number of amides is 3. The van der Waals surface area contributed by atoms with E-state index in [1.165, 1.54) is 0 Å². The lowest BCUT2D eigenvalue weighted by molar-refractivity contribution is -0.124. The minimum absolute atomic E-state index is 0.0901. The lowest BCUT2D eigenvalue weighted by Crippen LogP contribution is -2.35. The Kier molecular flexibility index (Phi) is 7.99. The molecule has 2 rings (SSSR count). The Hall–Kier alpha value is -2.19. The number of aryl methyl sites for hydroxylation is 1. The molecule has 0 radical (unpaired) electrons. The summed E-state index contributed by atoms with van der Waals surface area (Å²) >= 11 is 6.67. The number of hydrogen-bond acceptors (Lipinski definition) is 3. The summed E-state index contributed by atoms with van der Waals surface area (Å²) in [6, 6.07) is 12.4. The topological polar surface area (TPSA) is 87.3 Å². The highest BCUT2D eigenvalue weighted by Crippen LogP contribution is 2.19. The fourth-order valence-corrected chi connectivity index (χ4v) is 2.96. The molecule has 0 fully saturated rings. The molecule has 2 aromatic rings. The number of nitrogens with one attached hydrogen (secondary N) is 3. The number of halogens is 2. The van der Waals surface area contributed by atoms with E-state index in [1.807, 2.05) is 19.1 Å². The van der Waals surface area contributed by atoms with E-state index in [-0.39, 0.29) is 37.2 Å². The van der Waals surface area contributed by atoms with Gasteiger partial charge in [-0.3, -0.25) is 14.4 Å². The van der Waals surface area contributed by atoms with Gasteiger partial charge in [0.1, 0.15) is 0 Å². The number of anilines is 1. The Labute approximate surface area is 174 Å². The van der Waals surface area contributed by atoms with Crippen molar-refractivity contribution in [2.45, 2.75) is 13.3 Å². The molecule has 0 heterocycles. The van der Waals surface area contributed by atoms with Crippen LogP contribution in [0.1, 0.15) is 22.3 Å². The van der Waals surface area contributed by atoms with Crippen molar-refractivity contribution in [3.8, 4) is 0 Å². The predicted molar refractivity (Wildman–Crippen MR) is 112 cm³/mol. The number of hydrogen-bond donors (Lipinski definition) is 3. The van der Waals surface area contributed by atoms with Gasteiger partial charge in [-0.25, -0.2) is 0 Å². The molecule has 0 atom stereocenters. The average molecular weight is 497 g/mol. The van der Waals surface area contributed by atoms with Crippen LogP contribution in [0.4, 0.5) is 5.69 Å². The first-order chi connectivity index (χ1) is 12.8. The molecule has 3 N–H and O–H groups in total. The summed E-state index contributed by atoms with van der Waals surface area (Å²) in [6.07, 6.45) is 0.0901. The third-order valence-electron chi connectivity index (χ3n) is 3.65. The van der Waals surface area contributed by atoms with Gasteiger partial charge in [-0.15, -0.1) is 0 Å². The summed E-state index contributed by atoms with van der Waals surface area (Å²) in [7, 11) is 0. The van der Waals surface area contributed by atoms with Crippen LogP contribution in [0.3, 0.4) is 0 Å². The van der Waals surface area contributed by atoms with Crippen molar-refractivity contribution < 1.29 is 14.4 Å². The fraction of sp³-hybridized carbons (Fsp3) is 0.211. The highest BCUT2D eigenvalue weighted by Gasteiger charge is 2.09. The van der Waals surface area contributed by atoms with Gasteiger partial charge in [0, 0.05) is 33.2 Å². The second-order valence-electron chi connectivity index (χ2n) is 5.80. The predicted octanol–water partition coefficient (Wildman–Crippen LogP) is 3.39. The van der Waals surface area contributed by atoms with Crippen LogP contribution in [0.2, 0.25) is 0 Å². The smallest absolute Gasteiger partial charge is 0.251 e. The number of rotatable bonds is 7. The van der Waals surface area contributed by atoms with Gasteiger partial charge in [0.2, 0.25) is 11.8 Å². The first kappa shape index (κ1) is 21.1.